The SMILES string of the molecule is Cc1ccc(C)c(S(=O)(=O)NCC(=O)N2CCc3ncncc3C2)c1. The average Bonchev–Trinajstić information content (AvgIpc) is 2.61. The van der Waals surface area contributed by atoms with Gasteiger partial charge in [0.1, 0.15) is 6.33 Å². The highest BCUT2D eigenvalue weighted by Crippen LogP contribution is 2.17. The molecule has 8 heteroatoms. The van der Waals surface area contributed by atoms with E-state index in [0.29, 0.717) is 25.1 Å². The van der Waals surface area contributed by atoms with Gasteiger partial charge in [0, 0.05) is 31.3 Å². The second-order valence-corrected chi connectivity index (χ2v) is 7.89. The van der Waals surface area contributed by atoms with Crippen LogP contribution in [0.1, 0.15) is 22.4 Å². The number of rotatable bonds is 4. The summed E-state index contributed by atoms with van der Waals surface area (Å²) < 4.78 is 27.4. The fourth-order valence-corrected chi connectivity index (χ4v) is 4.12. The summed E-state index contributed by atoms with van der Waals surface area (Å²) in [6, 6.07) is 5.22. The molecule has 1 aromatic heterocycles. The highest BCUT2D eigenvalue weighted by Gasteiger charge is 2.24. The maximum Gasteiger partial charge on any atom is 0.241 e. The lowest BCUT2D eigenvalue weighted by Crippen LogP contribution is -2.42. The molecule has 0 saturated heterocycles. The molecule has 0 unspecified atom stereocenters. The summed E-state index contributed by atoms with van der Waals surface area (Å²) in [7, 11) is -3.73. The van der Waals surface area contributed by atoms with Gasteiger partial charge in [0.05, 0.1) is 17.1 Å². The topological polar surface area (TPSA) is 92.3 Å². The largest absolute Gasteiger partial charge is 0.337 e. The first-order valence-corrected chi connectivity index (χ1v) is 9.47. The van der Waals surface area contributed by atoms with Crippen LogP contribution in [0.15, 0.2) is 35.6 Å². The van der Waals surface area contributed by atoms with E-state index in [1.54, 1.807) is 30.2 Å². The summed E-state index contributed by atoms with van der Waals surface area (Å²) in [4.78, 5) is 22.4. The van der Waals surface area contributed by atoms with Gasteiger partial charge in [0.15, 0.2) is 0 Å². The number of sulfonamides is 1. The molecule has 0 aliphatic carbocycles. The first-order valence-electron chi connectivity index (χ1n) is 7.99. The van der Waals surface area contributed by atoms with E-state index in [1.165, 1.54) is 6.33 Å². The standard InChI is InChI=1S/C17H20N4O3S/c1-12-3-4-13(2)16(7-12)25(23,24)20-9-17(22)21-6-5-15-14(10-21)8-18-11-19-15/h3-4,7-8,11,20H,5-6,9-10H2,1-2H3. The number of amides is 1. The molecule has 2 aromatic rings. The Bertz CT molecular complexity index is 912. The summed E-state index contributed by atoms with van der Waals surface area (Å²) in [5, 5.41) is 0. The number of carbonyl (C=O) groups excluding carboxylic acids is 1. The van der Waals surface area contributed by atoms with Crippen molar-refractivity contribution in [3.63, 3.8) is 0 Å². The van der Waals surface area contributed by atoms with Crippen molar-refractivity contribution in [2.75, 3.05) is 13.1 Å². The third kappa shape index (κ3) is 3.85. The molecule has 1 aromatic carbocycles. The Hall–Kier alpha value is -2.32. The quantitative estimate of drug-likeness (QED) is 0.877. The van der Waals surface area contributed by atoms with Crippen LogP contribution in [-0.2, 0) is 27.8 Å². The maximum absolute atomic E-state index is 12.5. The van der Waals surface area contributed by atoms with E-state index in [0.717, 1.165) is 16.8 Å². The van der Waals surface area contributed by atoms with Crippen LogP contribution in [0.5, 0.6) is 0 Å². The van der Waals surface area contributed by atoms with Gasteiger partial charge in [-0.15, -0.1) is 0 Å². The highest BCUT2D eigenvalue weighted by atomic mass is 32.2. The fourth-order valence-electron chi connectivity index (χ4n) is 2.82. The summed E-state index contributed by atoms with van der Waals surface area (Å²) in [5.74, 6) is -0.261. The van der Waals surface area contributed by atoms with Gasteiger partial charge in [-0.2, -0.15) is 0 Å². The zero-order chi connectivity index (χ0) is 18.0. The van der Waals surface area contributed by atoms with Gasteiger partial charge in [-0.05, 0) is 31.0 Å². The average molecular weight is 360 g/mol. The van der Waals surface area contributed by atoms with Gasteiger partial charge < -0.3 is 4.90 Å². The summed E-state index contributed by atoms with van der Waals surface area (Å²) in [6.07, 6.45) is 3.84. The number of aromatic nitrogens is 2. The molecule has 132 valence electrons. The van der Waals surface area contributed by atoms with E-state index in [-0.39, 0.29) is 17.3 Å². The lowest BCUT2D eigenvalue weighted by Gasteiger charge is -2.28. The smallest absolute Gasteiger partial charge is 0.241 e. The molecule has 0 saturated carbocycles. The predicted molar refractivity (Wildman–Crippen MR) is 92.3 cm³/mol. The molecule has 1 aliphatic rings. The van der Waals surface area contributed by atoms with Crippen LogP contribution in [-0.4, -0.2) is 42.3 Å². The molecule has 3 rings (SSSR count). The second-order valence-electron chi connectivity index (χ2n) is 6.15. The summed E-state index contributed by atoms with van der Waals surface area (Å²) in [5.41, 5.74) is 3.34. The van der Waals surface area contributed by atoms with E-state index in [9.17, 15) is 13.2 Å². The number of hydrogen-bond donors (Lipinski definition) is 1. The van der Waals surface area contributed by atoms with E-state index in [4.69, 9.17) is 0 Å². The zero-order valence-corrected chi connectivity index (χ0v) is 15.0. The van der Waals surface area contributed by atoms with Crippen LogP contribution < -0.4 is 4.72 Å². The molecule has 1 N–H and O–H groups in total. The Balaban J connectivity index is 1.67. The van der Waals surface area contributed by atoms with Gasteiger partial charge >= 0.3 is 0 Å². The number of nitrogens with zero attached hydrogens (tertiary/aromatic N) is 3. The first kappa shape index (κ1) is 17.5. The van der Waals surface area contributed by atoms with E-state index >= 15 is 0 Å². The van der Waals surface area contributed by atoms with Crippen molar-refractivity contribution in [3.05, 3.63) is 53.1 Å². The maximum atomic E-state index is 12.5. The van der Waals surface area contributed by atoms with E-state index in [2.05, 4.69) is 14.7 Å². The minimum atomic E-state index is -3.73. The molecule has 0 bridgehead atoms. The molecule has 25 heavy (non-hydrogen) atoms. The highest BCUT2D eigenvalue weighted by molar-refractivity contribution is 7.89. The third-order valence-electron chi connectivity index (χ3n) is 4.26. The van der Waals surface area contributed by atoms with Crippen molar-refractivity contribution in [1.29, 1.82) is 0 Å². The molecule has 2 heterocycles. The van der Waals surface area contributed by atoms with Gasteiger partial charge in [-0.25, -0.2) is 23.1 Å². The number of benzene rings is 1. The van der Waals surface area contributed by atoms with Crippen LogP contribution in [0.4, 0.5) is 0 Å². The normalized spacial score (nSPS) is 14.2. The monoisotopic (exact) mass is 360 g/mol. The Morgan fingerprint density at radius 2 is 2.12 bits per heavy atom. The van der Waals surface area contributed by atoms with Gasteiger partial charge in [-0.3, -0.25) is 4.79 Å². The van der Waals surface area contributed by atoms with Crippen molar-refractivity contribution in [3.8, 4) is 0 Å². The minimum absolute atomic E-state index is 0.206. The number of carbonyl (C=O) groups is 1. The van der Waals surface area contributed by atoms with Crippen LogP contribution >= 0.6 is 0 Å². The zero-order valence-electron chi connectivity index (χ0n) is 14.2. The van der Waals surface area contributed by atoms with Gasteiger partial charge in [0.2, 0.25) is 15.9 Å². The second kappa shape index (κ2) is 6.89. The molecule has 0 radical (unpaired) electrons. The molecule has 0 atom stereocenters. The van der Waals surface area contributed by atoms with Crippen LogP contribution in [0.25, 0.3) is 0 Å². The van der Waals surface area contributed by atoms with Crippen LogP contribution in [0.3, 0.4) is 0 Å². The molecule has 7 nitrogen and oxygen atoms in total. The van der Waals surface area contributed by atoms with Crippen molar-refractivity contribution in [2.24, 2.45) is 0 Å². The lowest BCUT2D eigenvalue weighted by molar-refractivity contribution is -0.130. The van der Waals surface area contributed by atoms with Gasteiger partial charge in [0.25, 0.3) is 0 Å². The molecular formula is C17H20N4O3S. The first-order chi connectivity index (χ1) is 11.9. The molecule has 1 aliphatic heterocycles. The third-order valence-corrected chi connectivity index (χ3v) is 5.80. The molecule has 1 amide bonds. The van der Waals surface area contributed by atoms with Crippen molar-refractivity contribution >= 4 is 15.9 Å². The lowest BCUT2D eigenvalue weighted by atomic mass is 10.1. The fraction of sp³-hybridized carbons (Fsp3) is 0.353. The molecule has 0 spiro atoms. The van der Waals surface area contributed by atoms with Crippen molar-refractivity contribution in [2.45, 2.75) is 31.7 Å². The number of fused-ring (bicyclic) bond motifs is 1. The van der Waals surface area contributed by atoms with E-state index in [1.807, 2.05) is 13.0 Å². The predicted octanol–water partition coefficient (Wildman–Crippen LogP) is 0.957. The van der Waals surface area contributed by atoms with Gasteiger partial charge in [-0.1, -0.05) is 12.1 Å². The van der Waals surface area contributed by atoms with Crippen molar-refractivity contribution < 1.29 is 13.2 Å². The number of nitrogens with one attached hydrogen (secondary N) is 1. The Morgan fingerprint density at radius 1 is 1.32 bits per heavy atom. The van der Waals surface area contributed by atoms with E-state index < -0.39 is 10.0 Å². The Kier molecular flexibility index (Phi) is 4.82. The Labute approximate surface area is 147 Å². The van der Waals surface area contributed by atoms with Crippen LogP contribution in [0, 0.1) is 13.8 Å². The number of hydrogen-bond acceptors (Lipinski definition) is 5. The molecular weight excluding hydrogens is 340 g/mol. The van der Waals surface area contributed by atoms with Crippen LogP contribution in [0.2, 0.25) is 0 Å². The number of aryl methyl sites for hydroxylation is 2. The minimum Gasteiger partial charge on any atom is -0.337 e. The molecule has 0 fully saturated rings. The summed E-state index contributed by atoms with van der Waals surface area (Å²) in [6.45, 7) is 4.22. The summed E-state index contributed by atoms with van der Waals surface area (Å²) >= 11 is 0. The Morgan fingerprint density at radius 3 is 2.92 bits per heavy atom. The van der Waals surface area contributed by atoms with Crippen molar-refractivity contribution in [1.82, 2.24) is 19.6 Å².